The minimum absolute atomic E-state index is 0.0344. The Labute approximate surface area is 210 Å². The molecule has 0 saturated carbocycles. The zero-order valence-electron chi connectivity index (χ0n) is 21.1. The summed E-state index contributed by atoms with van der Waals surface area (Å²) >= 11 is 0. The maximum Gasteiger partial charge on any atom is 0.326 e. The number of hydrogen-bond donors (Lipinski definition) is 7. The molecule has 0 spiro atoms. The van der Waals surface area contributed by atoms with Gasteiger partial charge in [-0.15, -0.1) is 0 Å². The predicted molar refractivity (Wildman–Crippen MR) is 135 cm³/mol. The third-order valence-electron chi connectivity index (χ3n) is 6.34. The fraction of sp³-hybridized carbons (Fsp3) is 0.520. The van der Waals surface area contributed by atoms with Crippen LogP contribution in [0.5, 0.6) is 0 Å². The van der Waals surface area contributed by atoms with Gasteiger partial charge < -0.3 is 36.9 Å². The number of carboxylic acid groups (broad SMARTS) is 1. The molecular weight excluding hydrogens is 466 g/mol. The smallest absolute Gasteiger partial charge is 0.326 e. The summed E-state index contributed by atoms with van der Waals surface area (Å²) in [6.45, 7) is 6.35. The number of rotatable bonds is 13. The quantitative estimate of drug-likeness (QED) is 0.204. The number of H-pyrrole nitrogens is 1. The molecule has 0 saturated heterocycles. The minimum Gasteiger partial charge on any atom is -0.480 e. The second kappa shape index (κ2) is 13.0. The first kappa shape index (κ1) is 28.8. The molecule has 0 bridgehead atoms. The maximum absolute atomic E-state index is 13.0. The monoisotopic (exact) mass is 503 g/mol. The van der Waals surface area contributed by atoms with Gasteiger partial charge in [0.05, 0.1) is 12.6 Å². The molecule has 5 unspecified atom stereocenters. The summed E-state index contributed by atoms with van der Waals surface area (Å²) in [5, 5.41) is 27.7. The van der Waals surface area contributed by atoms with Gasteiger partial charge in [0.2, 0.25) is 17.7 Å². The van der Waals surface area contributed by atoms with Crippen LogP contribution >= 0.6 is 0 Å². The fourth-order valence-corrected chi connectivity index (χ4v) is 3.75. The van der Waals surface area contributed by atoms with Gasteiger partial charge in [-0.2, -0.15) is 0 Å². The van der Waals surface area contributed by atoms with Gasteiger partial charge in [0.25, 0.3) is 0 Å². The van der Waals surface area contributed by atoms with Crippen LogP contribution in [-0.4, -0.2) is 69.7 Å². The zero-order chi connectivity index (χ0) is 27.0. The average Bonchev–Trinajstić information content (AvgIpc) is 3.26. The molecule has 11 nitrogen and oxygen atoms in total. The van der Waals surface area contributed by atoms with Crippen molar-refractivity contribution in [2.45, 2.75) is 64.7 Å². The molecule has 1 heterocycles. The minimum atomic E-state index is -1.32. The summed E-state index contributed by atoms with van der Waals surface area (Å²) in [6, 6.07) is 2.90. The Kier molecular flexibility index (Phi) is 10.4. The van der Waals surface area contributed by atoms with E-state index in [1.165, 1.54) is 0 Å². The van der Waals surface area contributed by atoms with Gasteiger partial charge in [0, 0.05) is 23.5 Å². The Hall–Kier alpha value is -3.44. The number of fused-ring (bicyclic) bond motifs is 1. The van der Waals surface area contributed by atoms with Crippen LogP contribution in [-0.2, 0) is 25.6 Å². The summed E-state index contributed by atoms with van der Waals surface area (Å²) in [6.07, 6.45) is 2.39. The molecule has 0 fully saturated rings. The van der Waals surface area contributed by atoms with Gasteiger partial charge in [-0.3, -0.25) is 14.4 Å². The standard InChI is InChI=1S/C25H37N5O6/c1-5-14(4)20(26)23(33)29-19(12-31)22(32)30-21(13(2)3)24(34)28-18(25(35)36)10-15-11-27-17-9-7-6-8-16(15)17/h6-9,11,13-14,18-21,27,31H,5,10,12,26H2,1-4H3,(H,28,34)(H,29,33)(H,30,32)(H,35,36). The van der Waals surface area contributed by atoms with Gasteiger partial charge in [-0.1, -0.05) is 52.3 Å². The van der Waals surface area contributed by atoms with Crippen LogP contribution in [0, 0.1) is 11.8 Å². The van der Waals surface area contributed by atoms with Crippen LogP contribution in [0.15, 0.2) is 30.5 Å². The van der Waals surface area contributed by atoms with E-state index >= 15 is 0 Å². The lowest BCUT2D eigenvalue weighted by Crippen LogP contribution is -2.59. The number of hydrogen-bond acceptors (Lipinski definition) is 6. The zero-order valence-corrected chi connectivity index (χ0v) is 21.1. The van der Waals surface area contributed by atoms with Crippen LogP contribution < -0.4 is 21.7 Å². The van der Waals surface area contributed by atoms with Crippen molar-refractivity contribution < 1.29 is 29.4 Å². The van der Waals surface area contributed by atoms with E-state index in [4.69, 9.17) is 5.73 Å². The molecule has 5 atom stereocenters. The number of benzene rings is 1. The largest absolute Gasteiger partial charge is 0.480 e. The first-order valence-electron chi connectivity index (χ1n) is 12.0. The predicted octanol–water partition coefficient (Wildman–Crippen LogP) is 0.271. The number of aromatic amines is 1. The summed E-state index contributed by atoms with van der Waals surface area (Å²) in [4.78, 5) is 53.2. The molecule has 36 heavy (non-hydrogen) atoms. The number of carboxylic acids is 1. The van der Waals surface area contributed by atoms with E-state index in [9.17, 15) is 29.4 Å². The Morgan fingerprint density at radius 2 is 1.61 bits per heavy atom. The average molecular weight is 504 g/mol. The van der Waals surface area contributed by atoms with Crippen molar-refractivity contribution in [3.8, 4) is 0 Å². The van der Waals surface area contributed by atoms with Crippen LogP contribution in [0.2, 0.25) is 0 Å². The number of amides is 3. The highest BCUT2D eigenvalue weighted by Gasteiger charge is 2.32. The lowest BCUT2D eigenvalue weighted by Gasteiger charge is -2.27. The van der Waals surface area contributed by atoms with E-state index in [-0.39, 0.29) is 12.3 Å². The third-order valence-corrected chi connectivity index (χ3v) is 6.34. The van der Waals surface area contributed by atoms with Crippen LogP contribution in [0.4, 0.5) is 0 Å². The van der Waals surface area contributed by atoms with E-state index < -0.39 is 60.4 Å². The second-order valence-corrected chi connectivity index (χ2v) is 9.35. The van der Waals surface area contributed by atoms with Gasteiger partial charge in [0.15, 0.2) is 0 Å². The Morgan fingerprint density at radius 3 is 2.19 bits per heavy atom. The van der Waals surface area contributed by atoms with Crippen molar-refractivity contribution in [1.82, 2.24) is 20.9 Å². The number of carbonyl (C=O) groups is 4. The fourth-order valence-electron chi connectivity index (χ4n) is 3.75. The molecule has 3 amide bonds. The second-order valence-electron chi connectivity index (χ2n) is 9.35. The van der Waals surface area contributed by atoms with Crippen molar-refractivity contribution in [2.24, 2.45) is 17.6 Å². The summed E-state index contributed by atoms with van der Waals surface area (Å²) in [5.41, 5.74) is 7.47. The molecule has 2 rings (SSSR count). The molecule has 1 aromatic carbocycles. The van der Waals surface area contributed by atoms with Gasteiger partial charge in [0.1, 0.15) is 18.1 Å². The van der Waals surface area contributed by atoms with E-state index in [0.717, 1.165) is 16.5 Å². The molecule has 0 aliphatic carbocycles. The first-order valence-corrected chi connectivity index (χ1v) is 12.0. The number of aliphatic carboxylic acids is 1. The molecule has 1 aromatic heterocycles. The highest BCUT2D eigenvalue weighted by Crippen LogP contribution is 2.19. The molecule has 0 aliphatic rings. The lowest BCUT2D eigenvalue weighted by molar-refractivity contribution is -0.142. The van der Waals surface area contributed by atoms with Crippen molar-refractivity contribution in [1.29, 1.82) is 0 Å². The van der Waals surface area contributed by atoms with E-state index in [2.05, 4.69) is 20.9 Å². The lowest BCUT2D eigenvalue weighted by atomic mass is 9.99. The third kappa shape index (κ3) is 7.28. The van der Waals surface area contributed by atoms with Gasteiger partial charge >= 0.3 is 5.97 Å². The molecule has 2 aromatic rings. The number of nitrogens with one attached hydrogen (secondary N) is 4. The number of aromatic nitrogens is 1. The normalized spacial score (nSPS) is 15.5. The van der Waals surface area contributed by atoms with Crippen molar-refractivity contribution in [2.75, 3.05) is 6.61 Å². The highest BCUT2D eigenvalue weighted by molar-refractivity contribution is 5.94. The van der Waals surface area contributed by atoms with Crippen molar-refractivity contribution in [3.05, 3.63) is 36.0 Å². The Balaban J connectivity index is 2.10. The van der Waals surface area contributed by atoms with Crippen LogP contribution in [0.3, 0.4) is 0 Å². The van der Waals surface area contributed by atoms with Crippen LogP contribution in [0.25, 0.3) is 10.9 Å². The highest BCUT2D eigenvalue weighted by atomic mass is 16.4. The summed E-state index contributed by atoms with van der Waals surface area (Å²) in [5.74, 6) is -3.82. The topological polar surface area (TPSA) is 187 Å². The summed E-state index contributed by atoms with van der Waals surface area (Å²) < 4.78 is 0. The van der Waals surface area contributed by atoms with E-state index in [1.807, 2.05) is 31.2 Å². The molecule has 198 valence electrons. The Morgan fingerprint density at radius 1 is 0.972 bits per heavy atom. The number of aliphatic hydroxyl groups is 1. The number of nitrogens with two attached hydrogens (primary N) is 1. The molecule has 8 N–H and O–H groups in total. The molecular formula is C25H37N5O6. The molecule has 0 aliphatic heterocycles. The SMILES string of the molecule is CCC(C)C(N)C(=O)NC(CO)C(=O)NC(C(=O)NC(Cc1c[nH]c2ccccc12)C(=O)O)C(C)C. The van der Waals surface area contributed by atoms with Crippen LogP contribution in [0.1, 0.15) is 39.7 Å². The first-order chi connectivity index (χ1) is 17.0. The van der Waals surface area contributed by atoms with E-state index in [1.54, 1.807) is 27.0 Å². The van der Waals surface area contributed by atoms with Crippen molar-refractivity contribution >= 4 is 34.6 Å². The Bertz CT molecular complexity index is 1070. The maximum atomic E-state index is 13.0. The number of carbonyl (C=O) groups excluding carboxylic acids is 3. The number of aliphatic hydroxyl groups excluding tert-OH is 1. The van der Waals surface area contributed by atoms with Gasteiger partial charge in [-0.25, -0.2) is 4.79 Å². The summed E-state index contributed by atoms with van der Waals surface area (Å²) in [7, 11) is 0. The van der Waals surface area contributed by atoms with Gasteiger partial charge in [-0.05, 0) is 23.5 Å². The molecule has 0 radical (unpaired) electrons. The number of para-hydroxylation sites is 1. The molecule has 11 heteroatoms. The van der Waals surface area contributed by atoms with E-state index in [0.29, 0.717) is 6.42 Å². The van der Waals surface area contributed by atoms with Crippen molar-refractivity contribution in [3.63, 3.8) is 0 Å².